The molecule has 4 rings (SSSR count). The second-order valence-corrected chi connectivity index (χ2v) is 7.98. The third-order valence-corrected chi connectivity index (χ3v) is 4.68. The molecule has 0 spiro atoms. The first-order chi connectivity index (χ1) is 13.6. The molecule has 2 fully saturated rings. The van der Waals surface area contributed by atoms with Crippen LogP contribution in [0.25, 0.3) is 0 Å². The molecule has 2 aromatic rings. The van der Waals surface area contributed by atoms with E-state index >= 15 is 0 Å². The summed E-state index contributed by atoms with van der Waals surface area (Å²) in [5.74, 6) is 3.94. The van der Waals surface area contributed by atoms with Gasteiger partial charge in [-0.25, -0.2) is 4.98 Å². The lowest BCUT2D eigenvalue weighted by atomic mass is 10.0. The Morgan fingerprint density at radius 2 is 1.71 bits per heavy atom. The minimum atomic E-state index is 0.500. The molecule has 0 bridgehead atoms. The molecule has 28 heavy (non-hydrogen) atoms. The van der Waals surface area contributed by atoms with Crippen LogP contribution in [0, 0.1) is 5.92 Å². The number of halogens is 1. The quantitative estimate of drug-likeness (QED) is 0.726. The Morgan fingerprint density at radius 3 is 2.36 bits per heavy atom. The Labute approximate surface area is 168 Å². The summed E-state index contributed by atoms with van der Waals surface area (Å²) in [7, 11) is 0.500. The molecule has 0 amide bonds. The van der Waals surface area contributed by atoms with Gasteiger partial charge in [0.05, 0.1) is 7.18 Å². The summed E-state index contributed by atoms with van der Waals surface area (Å²) in [4.78, 5) is 11.2. The fourth-order valence-corrected chi connectivity index (χ4v) is 3.47. The minimum Gasteiger partial charge on any atom is -0.341 e. The highest BCUT2D eigenvalue weighted by molar-refractivity contribution is 5.53. The van der Waals surface area contributed by atoms with Crippen molar-refractivity contribution in [3.05, 3.63) is 24.0 Å². The molecular weight excluding hydrogens is 355 g/mol. The summed E-state index contributed by atoms with van der Waals surface area (Å²) in [6.45, 7) is 8.61. The molecule has 0 radical (unpaired) electrons. The molecule has 1 aliphatic carbocycles. The van der Waals surface area contributed by atoms with Gasteiger partial charge in [-0.2, -0.15) is 10.1 Å². The lowest BCUT2D eigenvalue weighted by molar-refractivity contribution is 0.636. The molecule has 2 aromatic heterocycles. The van der Waals surface area contributed by atoms with Gasteiger partial charge < -0.3 is 10.2 Å². The van der Waals surface area contributed by atoms with Gasteiger partial charge in [0.1, 0.15) is 5.82 Å². The van der Waals surface area contributed by atoms with E-state index in [0.717, 1.165) is 36.6 Å². The molecule has 2 aliphatic rings. The molecule has 1 aliphatic heterocycles. The fourth-order valence-electron chi connectivity index (χ4n) is 3.47. The number of nitrogens with one attached hydrogen (secondary N) is 2. The van der Waals surface area contributed by atoms with Crippen molar-refractivity contribution in [1.82, 2.24) is 20.2 Å². The van der Waals surface area contributed by atoms with E-state index < -0.39 is 0 Å². The van der Waals surface area contributed by atoms with Crippen molar-refractivity contribution < 1.29 is 4.39 Å². The van der Waals surface area contributed by atoms with Crippen molar-refractivity contribution in [3.63, 3.8) is 0 Å². The zero-order valence-electron chi connectivity index (χ0n) is 17.7. The van der Waals surface area contributed by atoms with Crippen molar-refractivity contribution in [3.8, 4) is 0 Å². The summed E-state index contributed by atoms with van der Waals surface area (Å²) < 4.78 is 9.50. The number of alkyl halides is 1. The number of nitrogens with zero attached hydrogens (tertiary/aromatic N) is 4. The van der Waals surface area contributed by atoms with Gasteiger partial charge in [-0.1, -0.05) is 33.6 Å². The van der Waals surface area contributed by atoms with Gasteiger partial charge in [0.2, 0.25) is 5.95 Å². The molecule has 156 valence electrons. The molecule has 0 unspecified atom stereocenters. The Morgan fingerprint density at radius 1 is 1.07 bits per heavy atom. The number of hydrogen-bond donors (Lipinski definition) is 2. The lowest BCUT2D eigenvalue weighted by Gasteiger charge is -2.15. The second kappa shape index (κ2) is 11.6. The highest BCUT2D eigenvalue weighted by Gasteiger charge is 2.19. The largest absolute Gasteiger partial charge is 0.341 e. The van der Waals surface area contributed by atoms with Crippen molar-refractivity contribution in [2.24, 2.45) is 5.92 Å². The number of aromatic amines is 1. The molecule has 6 nitrogen and oxygen atoms in total. The van der Waals surface area contributed by atoms with Crippen LogP contribution in [-0.2, 0) is 0 Å². The third kappa shape index (κ3) is 6.77. The highest BCUT2D eigenvalue weighted by atomic mass is 19.1. The molecule has 1 saturated heterocycles. The summed E-state index contributed by atoms with van der Waals surface area (Å²) in [5, 5.41) is 10.8. The maximum atomic E-state index is 9.50. The lowest BCUT2D eigenvalue weighted by Crippen LogP contribution is -2.20. The number of aromatic nitrogens is 4. The van der Waals surface area contributed by atoms with E-state index in [-0.39, 0.29) is 0 Å². The minimum absolute atomic E-state index is 0.500. The van der Waals surface area contributed by atoms with Crippen LogP contribution in [0.3, 0.4) is 0 Å². The van der Waals surface area contributed by atoms with Crippen molar-refractivity contribution in [2.45, 2.75) is 65.2 Å². The van der Waals surface area contributed by atoms with E-state index in [9.17, 15) is 4.39 Å². The Hall–Kier alpha value is -2.18. The van der Waals surface area contributed by atoms with E-state index in [1.54, 1.807) is 0 Å². The van der Waals surface area contributed by atoms with Gasteiger partial charge in [0.25, 0.3) is 0 Å². The standard InChI is InChI=1S/C16H22N6.C4H10.CH3F/c1-2-6-12(5-1)13-11-15(21-20-13)18-14-7-8-17-16(19-14)22-9-3-4-10-22;1-4(2)3;1-2/h7-8,11-12H,1-6,9-10H2,(H2,17,18,19,20,21);4H,1-3H3;1H3. The smallest absolute Gasteiger partial charge is 0.227 e. The number of hydrogen-bond acceptors (Lipinski definition) is 5. The van der Waals surface area contributed by atoms with Gasteiger partial charge in [-0.05, 0) is 37.7 Å². The average Bonchev–Trinajstić information content (AvgIpc) is 3.45. The van der Waals surface area contributed by atoms with Crippen LogP contribution < -0.4 is 10.2 Å². The third-order valence-electron chi connectivity index (χ3n) is 4.68. The Bertz CT molecular complexity index is 672. The number of rotatable bonds is 4. The zero-order chi connectivity index (χ0) is 20.4. The predicted molar refractivity (Wildman–Crippen MR) is 114 cm³/mol. The maximum Gasteiger partial charge on any atom is 0.227 e. The topological polar surface area (TPSA) is 69.7 Å². The molecule has 3 heterocycles. The zero-order valence-corrected chi connectivity index (χ0v) is 17.7. The van der Waals surface area contributed by atoms with Crippen LogP contribution in [0.4, 0.5) is 22.0 Å². The fraction of sp³-hybridized carbons (Fsp3) is 0.667. The highest BCUT2D eigenvalue weighted by Crippen LogP contribution is 2.34. The van der Waals surface area contributed by atoms with Crippen LogP contribution in [0.15, 0.2) is 18.3 Å². The van der Waals surface area contributed by atoms with Crippen LogP contribution in [0.1, 0.15) is 70.9 Å². The summed E-state index contributed by atoms with van der Waals surface area (Å²) in [6.07, 6.45) is 9.47. The van der Waals surface area contributed by atoms with Gasteiger partial charge >= 0.3 is 0 Å². The predicted octanol–water partition coefficient (Wildman–Crippen LogP) is 5.45. The van der Waals surface area contributed by atoms with E-state index in [2.05, 4.69) is 57.2 Å². The first-order valence-electron chi connectivity index (χ1n) is 10.4. The van der Waals surface area contributed by atoms with Crippen LogP contribution in [0.2, 0.25) is 0 Å². The number of anilines is 3. The van der Waals surface area contributed by atoms with E-state index in [1.807, 2.05) is 12.3 Å². The molecule has 1 saturated carbocycles. The monoisotopic (exact) mass is 390 g/mol. The molecule has 0 atom stereocenters. The molecular formula is C21H35FN6. The van der Waals surface area contributed by atoms with Gasteiger partial charge in [0, 0.05) is 37.0 Å². The first kappa shape index (κ1) is 22.1. The van der Waals surface area contributed by atoms with Crippen molar-refractivity contribution in [2.75, 3.05) is 30.5 Å². The Kier molecular flexibility index (Phi) is 9.17. The maximum absolute atomic E-state index is 9.50. The average molecular weight is 391 g/mol. The normalized spacial score (nSPS) is 16.4. The summed E-state index contributed by atoms with van der Waals surface area (Å²) in [5.41, 5.74) is 1.24. The second-order valence-electron chi connectivity index (χ2n) is 7.98. The van der Waals surface area contributed by atoms with Gasteiger partial charge in [0.15, 0.2) is 5.82 Å². The van der Waals surface area contributed by atoms with Crippen molar-refractivity contribution >= 4 is 17.6 Å². The molecule has 2 N–H and O–H groups in total. The van der Waals surface area contributed by atoms with Crippen LogP contribution >= 0.6 is 0 Å². The van der Waals surface area contributed by atoms with Crippen LogP contribution in [-0.4, -0.2) is 40.4 Å². The van der Waals surface area contributed by atoms with Crippen LogP contribution in [0.5, 0.6) is 0 Å². The molecule has 0 aromatic carbocycles. The SMILES string of the molecule is CC(C)C.CF.c1cc(Nc2cc(C3CCCC3)[nH]n2)nc(N2CCCC2)n1. The number of H-pyrrole nitrogens is 1. The summed E-state index contributed by atoms with van der Waals surface area (Å²) in [6, 6.07) is 4.01. The summed E-state index contributed by atoms with van der Waals surface area (Å²) >= 11 is 0. The van der Waals surface area contributed by atoms with Gasteiger partial charge in [-0.3, -0.25) is 9.49 Å². The molecule has 7 heteroatoms. The van der Waals surface area contributed by atoms with E-state index in [1.165, 1.54) is 44.2 Å². The van der Waals surface area contributed by atoms with Gasteiger partial charge in [-0.15, -0.1) is 0 Å². The van der Waals surface area contributed by atoms with E-state index in [4.69, 9.17) is 0 Å². The Balaban J connectivity index is 0.000000419. The first-order valence-corrected chi connectivity index (χ1v) is 10.4. The van der Waals surface area contributed by atoms with E-state index in [0.29, 0.717) is 13.1 Å². The van der Waals surface area contributed by atoms with Crippen molar-refractivity contribution in [1.29, 1.82) is 0 Å².